The first-order valence-corrected chi connectivity index (χ1v) is 12.4. The maximum absolute atomic E-state index is 13.1. The molecule has 0 aliphatic rings. The average Bonchev–Trinajstić information content (AvgIpc) is 3.21. The predicted molar refractivity (Wildman–Crippen MR) is 142 cm³/mol. The zero-order valence-electron chi connectivity index (χ0n) is 21.2. The highest BCUT2D eigenvalue weighted by molar-refractivity contribution is 7.07. The summed E-state index contributed by atoms with van der Waals surface area (Å²) in [5.41, 5.74) is -0.557. The molecule has 3 rings (SSSR count). The maximum Gasteiger partial charge on any atom is 0.405 e. The normalized spacial score (nSPS) is 12.4. The molecule has 210 valence electrons. The molecule has 0 atom stereocenters. The van der Waals surface area contributed by atoms with Crippen LogP contribution in [0.15, 0.2) is 47.3 Å². The minimum atomic E-state index is -4.67. The fourth-order valence-corrected chi connectivity index (χ4v) is 4.45. The second-order valence-electron chi connectivity index (χ2n) is 8.18. The average molecular weight is 578 g/mol. The largest absolute Gasteiger partial charge is 0.405 e. The molecule has 15 heteroatoms. The van der Waals surface area contributed by atoms with Gasteiger partial charge in [-0.15, -0.1) is 11.3 Å². The highest BCUT2D eigenvalue weighted by Gasteiger charge is 2.29. The number of hydrogen-bond donors (Lipinski definition) is 3. The Hall–Kier alpha value is -4.71. The molecular formula is C25H23F4N7O3S. The van der Waals surface area contributed by atoms with Gasteiger partial charge in [-0.3, -0.25) is 19.0 Å². The molecule has 0 radical (unpaired) electrons. The van der Waals surface area contributed by atoms with E-state index in [1.807, 2.05) is 0 Å². The summed E-state index contributed by atoms with van der Waals surface area (Å²) >= 11 is 0.749. The Morgan fingerprint density at radius 2 is 1.85 bits per heavy atom. The van der Waals surface area contributed by atoms with Gasteiger partial charge in [0.15, 0.2) is 5.57 Å². The molecule has 2 heterocycles. The van der Waals surface area contributed by atoms with Crippen molar-refractivity contribution in [2.45, 2.75) is 19.6 Å². The van der Waals surface area contributed by atoms with E-state index < -0.39 is 41.5 Å². The lowest BCUT2D eigenvalue weighted by molar-refractivity contribution is -0.135. The van der Waals surface area contributed by atoms with Crippen molar-refractivity contribution in [1.82, 2.24) is 14.9 Å². The second-order valence-corrected chi connectivity index (χ2v) is 9.21. The van der Waals surface area contributed by atoms with Crippen LogP contribution in [0.3, 0.4) is 0 Å². The Bertz CT molecular complexity index is 1610. The second kappa shape index (κ2) is 12.9. The molecule has 0 fully saturated rings. The van der Waals surface area contributed by atoms with Crippen molar-refractivity contribution >= 4 is 52.2 Å². The number of hydrogen-bond acceptors (Lipinski definition) is 8. The number of thiazole rings is 1. The van der Waals surface area contributed by atoms with Crippen LogP contribution < -0.4 is 35.6 Å². The molecule has 0 unspecified atom stereocenters. The van der Waals surface area contributed by atoms with E-state index in [0.717, 1.165) is 15.9 Å². The van der Waals surface area contributed by atoms with Gasteiger partial charge in [-0.25, -0.2) is 9.37 Å². The summed E-state index contributed by atoms with van der Waals surface area (Å²) in [7, 11) is 1.67. The van der Waals surface area contributed by atoms with Crippen LogP contribution in [0.5, 0.6) is 0 Å². The van der Waals surface area contributed by atoms with Crippen LogP contribution in [0.4, 0.5) is 34.9 Å². The number of halogens is 4. The van der Waals surface area contributed by atoms with Crippen LogP contribution in [-0.2, 0) is 16.1 Å². The Kier molecular flexibility index (Phi) is 9.62. The van der Waals surface area contributed by atoms with Crippen molar-refractivity contribution in [1.29, 1.82) is 5.26 Å². The van der Waals surface area contributed by atoms with Crippen molar-refractivity contribution in [2.75, 3.05) is 35.7 Å². The van der Waals surface area contributed by atoms with E-state index in [1.165, 1.54) is 30.5 Å². The quantitative estimate of drug-likeness (QED) is 0.330. The molecule has 2 aromatic heterocycles. The lowest BCUT2D eigenvalue weighted by Gasteiger charge is -2.18. The molecule has 0 saturated carbocycles. The first-order valence-electron chi connectivity index (χ1n) is 11.6. The van der Waals surface area contributed by atoms with Gasteiger partial charge in [0.1, 0.15) is 39.3 Å². The topological polar surface area (TPSA) is 132 Å². The zero-order chi connectivity index (χ0) is 29.4. The number of alkyl halides is 3. The summed E-state index contributed by atoms with van der Waals surface area (Å²) in [5, 5.41) is 16.5. The predicted octanol–water partition coefficient (Wildman–Crippen LogP) is 1.74. The molecule has 0 bridgehead atoms. The number of pyridine rings is 1. The van der Waals surface area contributed by atoms with E-state index in [-0.39, 0.29) is 33.9 Å². The number of benzene rings is 1. The number of likely N-dealkylation sites (N-methyl/N-ethyl adjacent to an activating group) is 1. The third-order valence-corrected chi connectivity index (χ3v) is 6.37. The van der Waals surface area contributed by atoms with E-state index in [4.69, 9.17) is 0 Å². The third-order valence-electron chi connectivity index (χ3n) is 5.24. The smallest absolute Gasteiger partial charge is 0.365 e. The van der Waals surface area contributed by atoms with Crippen molar-refractivity contribution < 1.29 is 27.2 Å². The highest BCUT2D eigenvalue weighted by Crippen LogP contribution is 2.14. The van der Waals surface area contributed by atoms with Gasteiger partial charge in [-0.05, 0) is 43.3 Å². The van der Waals surface area contributed by atoms with Crippen LogP contribution in [0.1, 0.15) is 6.92 Å². The van der Waals surface area contributed by atoms with Gasteiger partial charge in [0.25, 0.3) is 11.5 Å². The molecule has 0 aliphatic carbocycles. The van der Waals surface area contributed by atoms with E-state index in [2.05, 4.69) is 15.6 Å². The SMILES string of the molecule is CCn1c(=C(C#N)C(=O)NCC(F)(F)F)sc(=CNc2cccc(NC(=O)CN(C)c3ccc(F)cc3)n2)c1=O. The number of amides is 2. The van der Waals surface area contributed by atoms with Gasteiger partial charge >= 0.3 is 6.18 Å². The lowest BCUT2D eigenvalue weighted by Crippen LogP contribution is -2.37. The third kappa shape index (κ3) is 7.90. The summed E-state index contributed by atoms with van der Waals surface area (Å²) in [6.45, 7) is -0.0265. The van der Waals surface area contributed by atoms with E-state index in [0.29, 0.717) is 5.69 Å². The fourth-order valence-electron chi connectivity index (χ4n) is 3.37. The monoisotopic (exact) mass is 577 g/mol. The zero-order valence-corrected chi connectivity index (χ0v) is 22.0. The molecule has 0 saturated heterocycles. The van der Waals surface area contributed by atoms with Crippen molar-refractivity contribution in [3.63, 3.8) is 0 Å². The molecule has 0 aliphatic heterocycles. The van der Waals surface area contributed by atoms with E-state index in [9.17, 15) is 37.2 Å². The summed E-state index contributed by atoms with van der Waals surface area (Å²) in [6, 6.07) is 11.9. The Morgan fingerprint density at radius 3 is 2.48 bits per heavy atom. The summed E-state index contributed by atoms with van der Waals surface area (Å²) in [6.07, 6.45) is -3.39. The van der Waals surface area contributed by atoms with Gasteiger partial charge in [-0.2, -0.15) is 18.4 Å². The molecule has 3 aromatic rings. The lowest BCUT2D eigenvalue weighted by atomic mass is 10.3. The number of anilines is 3. The number of nitriles is 1. The number of carbonyl (C=O) groups is 2. The minimum Gasteiger partial charge on any atom is -0.365 e. The van der Waals surface area contributed by atoms with Crippen LogP contribution in [0, 0.1) is 17.1 Å². The number of carbonyl (C=O) groups excluding carboxylic acids is 2. The van der Waals surface area contributed by atoms with Crippen molar-refractivity contribution in [3.05, 3.63) is 67.8 Å². The Morgan fingerprint density at radius 1 is 1.18 bits per heavy atom. The van der Waals surface area contributed by atoms with Gasteiger partial charge in [0, 0.05) is 25.5 Å². The first-order chi connectivity index (χ1) is 18.9. The summed E-state index contributed by atoms with van der Waals surface area (Å²) in [5.74, 6) is -1.59. The Balaban J connectivity index is 1.79. The van der Waals surface area contributed by atoms with Crippen LogP contribution in [0.25, 0.3) is 11.8 Å². The molecule has 2 amide bonds. The number of aromatic nitrogens is 2. The number of nitrogens with one attached hydrogen (secondary N) is 3. The van der Waals surface area contributed by atoms with Gasteiger partial charge in [0.05, 0.1) is 6.54 Å². The number of rotatable bonds is 9. The summed E-state index contributed by atoms with van der Waals surface area (Å²) in [4.78, 5) is 43.4. The van der Waals surface area contributed by atoms with Crippen molar-refractivity contribution in [3.8, 4) is 6.07 Å². The van der Waals surface area contributed by atoms with Gasteiger partial charge in [0.2, 0.25) is 5.91 Å². The molecule has 0 spiro atoms. The Labute approximate surface area is 228 Å². The molecule has 10 nitrogen and oxygen atoms in total. The first kappa shape index (κ1) is 29.8. The highest BCUT2D eigenvalue weighted by atomic mass is 32.1. The van der Waals surface area contributed by atoms with E-state index >= 15 is 0 Å². The van der Waals surface area contributed by atoms with Gasteiger partial charge < -0.3 is 20.9 Å². The maximum atomic E-state index is 13.1. The summed E-state index contributed by atoms with van der Waals surface area (Å²) < 4.78 is 51.6. The fraction of sp³-hybridized carbons (Fsp3) is 0.240. The standard InChI is InChI=1S/C25H23F4N7O3S/c1-3-36-23(39)18(40-24(36)17(11-30)22(38)32-14-25(27,28)29)12-31-19-5-4-6-20(33-19)34-21(37)13-35(2)16-9-7-15(26)8-10-16/h4-10,12H,3,13-14H2,1-2H3,(H,32,38)(H2,31,33,34,37). The van der Waals surface area contributed by atoms with Crippen LogP contribution >= 0.6 is 11.3 Å². The van der Waals surface area contributed by atoms with Crippen molar-refractivity contribution in [2.24, 2.45) is 0 Å². The molecular weight excluding hydrogens is 554 g/mol. The molecule has 1 aromatic carbocycles. The van der Waals surface area contributed by atoms with Crippen LogP contribution in [-0.4, -0.2) is 47.7 Å². The number of nitrogens with zero attached hydrogens (tertiary/aromatic N) is 4. The minimum absolute atomic E-state index is 0.0418. The molecule has 3 N–H and O–H groups in total. The molecule has 40 heavy (non-hydrogen) atoms. The van der Waals surface area contributed by atoms with Crippen LogP contribution in [0.2, 0.25) is 0 Å². The van der Waals surface area contributed by atoms with E-state index in [1.54, 1.807) is 48.5 Å². The van der Waals surface area contributed by atoms with Gasteiger partial charge in [-0.1, -0.05) is 6.07 Å².